The second kappa shape index (κ2) is 3.57. The molecule has 1 N–H and O–H groups in total. The Kier molecular flexibility index (Phi) is 3.23. The summed E-state index contributed by atoms with van der Waals surface area (Å²) in [6.07, 6.45) is 0. The first-order valence-corrected chi connectivity index (χ1v) is 5.40. The van der Waals surface area contributed by atoms with Crippen molar-refractivity contribution in [2.75, 3.05) is 0 Å². The number of benzene rings is 1. The van der Waals surface area contributed by atoms with Crippen LogP contribution in [0.5, 0.6) is 5.75 Å². The van der Waals surface area contributed by atoms with Gasteiger partial charge in [0, 0.05) is 7.14 Å². The third-order valence-corrected chi connectivity index (χ3v) is 5.61. The van der Waals surface area contributed by atoms with Gasteiger partial charge in [0.25, 0.3) is 0 Å². The zero-order valence-corrected chi connectivity index (χ0v) is 10.6. The lowest BCUT2D eigenvalue weighted by atomic mass is 10.3. The molecule has 1 aromatic carbocycles. The number of halogens is 3. The molecular formula is C6H3BrI2O. The number of phenolic OH excluding ortho intramolecular Hbond substituents is 1. The Labute approximate surface area is 94.6 Å². The standard InChI is InChI=1S/C6H3BrI2O/c7-5-4(10)2-1-3(8)6(5)9/h1-2,10H. The first-order valence-electron chi connectivity index (χ1n) is 2.45. The van der Waals surface area contributed by atoms with Gasteiger partial charge in [0.2, 0.25) is 0 Å². The molecule has 0 fully saturated rings. The molecule has 4 heteroatoms. The maximum Gasteiger partial charge on any atom is 0.130 e. The van der Waals surface area contributed by atoms with E-state index in [9.17, 15) is 0 Å². The highest BCUT2D eigenvalue weighted by Crippen LogP contribution is 2.31. The molecule has 54 valence electrons. The van der Waals surface area contributed by atoms with Crippen molar-refractivity contribution in [1.29, 1.82) is 0 Å². The molecule has 0 atom stereocenters. The predicted molar refractivity (Wildman–Crippen MR) is 61.2 cm³/mol. The van der Waals surface area contributed by atoms with Crippen LogP contribution in [0, 0.1) is 7.14 Å². The molecule has 0 amide bonds. The quantitative estimate of drug-likeness (QED) is 0.500. The van der Waals surface area contributed by atoms with Gasteiger partial charge >= 0.3 is 0 Å². The minimum Gasteiger partial charge on any atom is -0.507 e. The van der Waals surface area contributed by atoms with E-state index in [1.807, 2.05) is 6.07 Å². The van der Waals surface area contributed by atoms with Crippen LogP contribution >= 0.6 is 61.1 Å². The smallest absolute Gasteiger partial charge is 0.130 e. The molecule has 0 saturated carbocycles. The second-order valence-corrected chi connectivity index (χ2v) is 4.73. The van der Waals surface area contributed by atoms with Gasteiger partial charge < -0.3 is 5.11 Å². The molecule has 10 heavy (non-hydrogen) atoms. The van der Waals surface area contributed by atoms with Crippen LogP contribution in [0.25, 0.3) is 0 Å². The number of hydrogen-bond acceptors (Lipinski definition) is 1. The van der Waals surface area contributed by atoms with Gasteiger partial charge in [-0.2, -0.15) is 0 Å². The number of hydrogen-bond donors (Lipinski definition) is 1. The van der Waals surface area contributed by atoms with Gasteiger partial charge in [-0.3, -0.25) is 0 Å². The van der Waals surface area contributed by atoms with Crippen LogP contribution in [-0.4, -0.2) is 5.11 Å². The van der Waals surface area contributed by atoms with E-state index >= 15 is 0 Å². The van der Waals surface area contributed by atoms with E-state index < -0.39 is 0 Å². The van der Waals surface area contributed by atoms with Crippen molar-refractivity contribution < 1.29 is 5.11 Å². The van der Waals surface area contributed by atoms with Crippen LogP contribution in [-0.2, 0) is 0 Å². The molecule has 0 bridgehead atoms. The Morgan fingerprint density at radius 3 is 2.40 bits per heavy atom. The van der Waals surface area contributed by atoms with Crippen molar-refractivity contribution in [2.45, 2.75) is 0 Å². The van der Waals surface area contributed by atoms with Gasteiger partial charge in [-0.05, 0) is 73.2 Å². The highest BCUT2D eigenvalue weighted by atomic mass is 127. The van der Waals surface area contributed by atoms with E-state index in [0.717, 1.165) is 11.6 Å². The largest absolute Gasteiger partial charge is 0.507 e. The zero-order valence-electron chi connectivity index (χ0n) is 4.74. The summed E-state index contributed by atoms with van der Waals surface area (Å²) >= 11 is 7.67. The summed E-state index contributed by atoms with van der Waals surface area (Å²) in [5, 5.41) is 9.17. The predicted octanol–water partition coefficient (Wildman–Crippen LogP) is 3.36. The maximum absolute atomic E-state index is 9.17. The maximum atomic E-state index is 9.17. The van der Waals surface area contributed by atoms with Crippen molar-refractivity contribution in [3.05, 3.63) is 23.7 Å². The van der Waals surface area contributed by atoms with Crippen molar-refractivity contribution in [3.8, 4) is 5.75 Å². The fraction of sp³-hybridized carbons (Fsp3) is 0. The summed E-state index contributed by atoms with van der Waals surface area (Å²) in [5.41, 5.74) is 0. The number of phenols is 1. The summed E-state index contributed by atoms with van der Waals surface area (Å²) in [6, 6.07) is 3.55. The van der Waals surface area contributed by atoms with Gasteiger partial charge in [-0.1, -0.05) is 0 Å². The number of rotatable bonds is 0. The Bertz CT molecular complexity index is 235. The molecule has 1 rings (SSSR count). The Balaban J connectivity index is 3.34. The first-order chi connectivity index (χ1) is 4.63. The fourth-order valence-electron chi connectivity index (χ4n) is 0.516. The normalized spacial score (nSPS) is 9.90. The lowest BCUT2D eigenvalue weighted by Gasteiger charge is -2.00. The molecule has 0 radical (unpaired) electrons. The lowest BCUT2D eigenvalue weighted by Crippen LogP contribution is -1.80. The molecule has 0 unspecified atom stereocenters. The average Bonchev–Trinajstić information content (AvgIpc) is 1.93. The summed E-state index contributed by atoms with van der Waals surface area (Å²) in [5.74, 6) is 0.296. The molecule has 0 aromatic heterocycles. The second-order valence-electron chi connectivity index (χ2n) is 1.69. The summed E-state index contributed by atoms with van der Waals surface area (Å²) in [7, 11) is 0. The van der Waals surface area contributed by atoms with Gasteiger partial charge in [0.15, 0.2) is 0 Å². The molecule has 0 aliphatic heterocycles. The van der Waals surface area contributed by atoms with Crippen LogP contribution in [0.1, 0.15) is 0 Å². The zero-order chi connectivity index (χ0) is 7.72. The van der Waals surface area contributed by atoms with E-state index in [2.05, 4.69) is 61.1 Å². The molecule has 0 aliphatic carbocycles. The average molecular weight is 425 g/mol. The van der Waals surface area contributed by atoms with E-state index in [4.69, 9.17) is 5.11 Å². The van der Waals surface area contributed by atoms with Gasteiger partial charge in [0.1, 0.15) is 5.75 Å². The Hall–Kier alpha value is 0.960. The SMILES string of the molecule is Oc1ccc(I)c(I)c1Br. The summed E-state index contributed by atoms with van der Waals surface area (Å²) in [4.78, 5) is 0. The molecule has 0 heterocycles. The fourth-order valence-corrected chi connectivity index (χ4v) is 2.14. The minimum absolute atomic E-state index is 0.296. The van der Waals surface area contributed by atoms with Crippen molar-refractivity contribution >= 4 is 61.1 Å². The molecule has 0 aliphatic rings. The lowest BCUT2D eigenvalue weighted by molar-refractivity contribution is 0.471. The molecule has 0 spiro atoms. The molecule has 1 nitrogen and oxygen atoms in total. The van der Waals surface area contributed by atoms with Crippen LogP contribution in [0.4, 0.5) is 0 Å². The third kappa shape index (κ3) is 1.76. The van der Waals surface area contributed by atoms with E-state index in [0.29, 0.717) is 5.75 Å². The number of aromatic hydroxyl groups is 1. The topological polar surface area (TPSA) is 20.2 Å². The summed E-state index contributed by atoms with van der Waals surface area (Å²) < 4.78 is 2.97. The first kappa shape index (κ1) is 9.05. The van der Waals surface area contributed by atoms with Gasteiger partial charge in [0.05, 0.1) is 4.47 Å². The Morgan fingerprint density at radius 2 is 1.90 bits per heavy atom. The minimum atomic E-state index is 0.296. The van der Waals surface area contributed by atoms with Crippen molar-refractivity contribution in [3.63, 3.8) is 0 Å². The molecular weight excluding hydrogens is 422 g/mol. The Morgan fingerprint density at radius 1 is 1.30 bits per heavy atom. The highest BCUT2D eigenvalue weighted by molar-refractivity contribution is 14.1. The summed E-state index contributed by atoms with van der Waals surface area (Å²) in [6.45, 7) is 0. The van der Waals surface area contributed by atoms with Crippen LogP contribution in [0.2, 0.25) is 0 Å². The van der Waals surface area contributed by atoms with Gasteiger partial charge in [-0.15, -0.1) is 0 Å². The van der Waals surface area contributed by atoms with Crippen molar-refractivity contribution in [2.24, 2.45) is 0 Å². The monoisotopic (exact) mass is 424 g/mol. The van der Waals surface area contributed by atoms with Crippen LogP contribution in [0.15, 0.2) is 16.6 Å². The van der Waals surface area contributed by atoms with E-state index in [1.54, 1.807) is 6.07 Å². The van der Waals surface area contributed by atoms with E-state index in [-0.39, 0.29) is 0 Å². The molecule has 1 aromatic rings. The molecule has 0 saturated heterocycles. The van der Waals surface area contributed by atoms with E-state index in [1.165, 1.54) is 0 Å². The van der Waals surface area contributed by atoms with Crippen molar-refractivity contribution in [1.82, 2.24) is 0 Å². The van der Waals surface area contributed by atoms with Crippen LogP contribution < -0.4 is 0 Å². The van der Waals surface area contributed by atoms with Gasteiger partial charge in [-0.25, -0.2) is 0 Å². The third-order valence-electron chi connectivity index (χ3n) is 1.01. The highest BCUT2D eigenvalue weighted by Gasteiger charge is 2.04. The van der Waals surface area contributed by atoms with Crippen LogP contribution in [0.3, 0.4) is 0 Å².